The lowest BCUT2D eigenvalue weighted by atomic mass is 9.67. The number of benzene rings is 1. The van der Waals surface area contributed by atoms with Crippen LogP contribution in [0.25, 0.3) is 0 Å². The standard InChI is InChI=1S/C13H19N/c1-13(2,3)12(14)11-8-9-6-4-5-7-10(9)11/h4-7,11-12H,8,14H2,1-3H3. The molecule has 0 saturated heterocycles. The van der Waals surface area contributed by atoms with Gasteiger partial charge in [-0.1, -0.05) is 45.0 Å². The van der Waals surface area contributed by atoms with Gasteiger partial charge in [0.1, 0.15) is 0 Å². The second kappa shape index (κ2) is 3.09. The molecule has 0 saturated carbocycles. The maximum absolute atomic E-state index is 6.27. The smallest absolute Gasteiger partial charge is 0.0160 e. The molecule has 2 N–H and O–H groups in total. The van der Waals surface area contributed by atoms with Gasteiger partial charge in [0.15, 0.2) is 0 Å². The maximum Gasteiger partial charge on any atom is 0.0160 e. The van der Waals surface area contributed by atoms with E-state index in [9.17, 15) is 0 Å². The minimum Gasteiger partial charge on any atom is -0.327 e. The maximum atomic E-state index is 6.27. The Hall–Kier alpha value is -0.820. The van der Waals surface area contributed by atoms with Crippen molar-refractivity contribution in [3.8, 4) is 0 Å². The molecule has 2 atom stereocenters. The van der Waals surface area contributed by atoms with E-state index in [4.69, 9.17) is 5.73 Å². The zero-order valence-electron chi connectivity index (χ0n) is 9.25. The summed E-state index contributed by atoms with van der Waals surface area (Å²) in [6.07, 6.45) is 1.16. The van der Waals surface area contributed by atoms with Crippen molar-refractivity contribution in [2.45, 2.75) is 39.2 Å². The van der Waals surface area contributed by atoms with Gasteiger partial charge in [0.2, 0.25) is 0 Å². The average molecular weight is 189 g/mol. The van der Waals surface area contributed by atoms with Crippen molar-refractivity contribution < 1.29 is 0 Å². The van der Waals surface area contributed by atoms with Crippen molar-refractivity contribution in [3.63, 3.8) is 0 Å². The quantitative estimate of drug-likeness (QED) is 0.722. The highest BCUT2D eigenvalue weighted by Crippen LogP contribution is 2.41. The van der Waals surface area contributed by atoms with Gasteiger partial charge >= 0.3 is 0 Å². The van der Waals surface area contributed by atoms with Gasteiger partial charge in [-0.2, -0.15) is 0 Å². The molecule has 0 bridgehead atoms. The number of hydrogen-bond acceptors (Lipinski definition) is 1. The molecule has 0 spiro atoms. The molecule has 1 aromatic rings. The molecule has 0 aromatic heterocycles. The van der Waals surface area contributed by atoms with Crippen LogP contribution in [-0.4, -0.2) is 6.04 Å². The van der Waals surface area contributed by atoms with Crippen LogP contribution in [0.15, 0.2) is 24.3 Å². The van der Waals surface area contributed by atoms with Crippen molar-refractivity contribution in [1.82, 2.24) is 0 Å². The van der Waals surface area contributed by atoms with Gasteiger partial charge in [0.25, 0.3) is 0 Å². The highest BCUT2D eigenvalue weighted by Gasteiger charge is 2.36. The fraction of sp³-hybridized carbons (Fsp3) is 0.538. The molecule has 1 heteroatoms. The van der Waals surface area contributed by atoms with Crippen LogP contribution < -0.4 is 5.73 Å². The summed E-state index contributed by atoms with van der Waals surface area (Å²) in [6, 6.07) is 8.92. The fourth-order valence-corrected chi connectivity index (χ4v) is 2.22. The predicted octanol–water partition coefficient (Wildman–Crippen LogP) is 2.70. The summed E-state index contributed by atoms with van der Waals surface area (Å²) in [5.41, 5.74) is 9.43. The first-order valence-corrected chi connectivity index (χ1v) is 5.33. The molecule has 0 aliphatic heterocycles. The van der Waals surface area contributed by atoms with Gasteiger partial charge in [0, 0.05) is 12.0 Å². The third kappa shape index (κ3) is 1.46. The van der Waals surface area contributed by atoms with Crippen molar-refractivity contribution in [3.05, 3.63) is 35.4 Å². The second-order valence-electron chi connectivity index (χ2n) is 5.40. The molecule has 14 heavy (non-hydrogen) atoms. The molecule has 0 radical (unpaired) electrons. The van der Waals surface area contributed by atoms with Crippen LogP contribution in [0.2, 0.25) is 0 Å². The van der Waals surface area contributed by atoms with Crippen molar-refractivity contribution >= 4 is 0 Å². The molecule has 2 unspecified atom stereocenters. The summed E-state index contributed by atoms with van der Waals surface area (Å²) >= 11 is 0. The predicted molar refractivity (Wildman–Crippen MR) is 60.3 cm³/mol. The molecule has 1 aliphatic carbocycles. The van der Waals surface area contributed by atoms with Gasteiger partial charge in [0.05, 0.1) is 0 Å². The zero-order chi connectivity index (χ0) is 10.3. The molecule has 0 heterocycles. The Kier molecular flexibility index (Phi) is 2.15. The molecule has 0 fully saturated rings. The number of fused-ring (bicyclic) bond motifs is 1. The summed E-state index contributed by atoms with van der Waals surface area (Å²) in [5, 5.41) is 0. The molecular weight excluding hydrogens is 170 g/mol. The molecular formula is C13H19N. The Bertz CT molecular complexity index is 335. The molecule has 1 aromatic carbocycles. The number of hydrogen-bond donors (Lipinski definition) is 1. The summed E-state index contributed by atoms with van der Waals surface area (Å²) in [4.78, 5) is 0. The third-order valence-electron chi connectivity index (χ3n) is 3.33. The SMILES string of the molecule is CC(C)(C)C(N)C1Cc2ccccc21. The van der Waals surface area contributed by atoms with Crippen LogP contribution in [0.4, 0.5) is 0 Å². The lowest BCUT2D eigenvalue weighted by Gasteiger charge is -2.41. The first-order valence-electron chi connectivity index (χ1n) is 5.33. The van der Waals surface area contributed by atoms with E-state index in [1.54, 1.807) is 0 Å². The lowest BCUT2D eigenvalue weighted by molar-refractivity contribution is 0.265. The third-order valence-corrected chi connectivity index (χ3v) is 3.33. The van der Waals surface area contributed by atoms with Crippen LogP contribution in [0.5, 0.6) is 0 Å². The van der Waals surface area contributed by atoms with Crippen LogP contribution in [-0.2, 0) is 6.42 Å². The van der Waals surface area contributed by atoms with Gasteiger partial charge in [-0.05, 0) is 23.0 Å². The van der Waals surface area contributed by atoms with E-state index in [0.717, 1.165) is 6.42 Å². The minimum atomic E-state index is 0.207. The highest BCUT2D eigenvalue weighted by atomic mass is 14.7. The second-order valence-corrected chi connectivity index (χ2v) is 5.40. The van der Waals surface area contributed by atoms with E-state index in [0.29, 0.717) is 5.92 Å². The van der Waals surface area contributed by atoms with E-state index >= 15 is 0 Å². The van der Waals surface area contributed by atoms with Crippen LogP contribution in [0.3, 0.4) is 0 Å². The van der Waals surface area contributed by atoms with E-state index in [2.05, 4.69) is 45.0 Å². The van der Waals surface area contributed by atoms with E-state index < -0.39 is 0 Å². The zero-order valence-corrected chi connectivity index (χ0v) is 9.25. The monoisotopic (exact) mass is 189 g/mol. The summed E-state index contributed by atoms with van der Waals surface area (Å²) < 4.78 is 0. The lowest BCUT2D eigenvalue weighted by Crippen LogP contribution is -2.44. The first-order chi connectivity index (χ1) is 6.50. The van der Waals surface area contributed by atoms with Crippen LogP contribution >= 0.6 is 0 Å². The Morgan fingerprint density at radius 2 is 1.93 bits per heavy atom. The Morgan fingerprint density at radius 1 is 1.29 bits per heavy atom. The molecule has 76 valence electrons. The number of nitrogens with two attached hydrogens (primary N) is 1. The fourth-order valence-electron chi connectivity index (χ4n) is 2.22. The Labute approximate surface area is 86.3 Å². The molecule has 1 nitrogen and oxygen atoms in total. The normalized spacial score (nSPS) is 22.4. The van der Waals surface area contributed by atoms with Crippen LogP contribution in [0.1, 0.15) is 37.8 Å². The van der Waals surface area contributed by atoms with Crippen molar-refractivity contribution in [2.24, 2.45) is 11.1 Å². The van der Waals surface area contributed by atoms with E-state index in [1.807, 2.05) is 0 Å². The summed E-state index contributed by atoms with van der Waals surface area (Å²) in [7, 11) is 0. The first kappa shape index (κ1) is 9.72. The summed E-state index contributed by atoms with van der Waals surface area (Å²) in [6.45, 7) is 6.66. The summed E-state index contributed by atoms with van der Waals surface area (Å²) in [5.74, 6) is 0.575. The van der Waals surface area contributed by atoms with Gasteiger partial charge in [-0.3, -0.25) is 0 Å². The van der Waals surface area contributed by atoms with Gasteiger partial charge in [-0.15, -0.1) is 0 Å². The topological polar surface area (TPSA) is 26.0 Å². The minimum absolute atomic E-state index is 0.207. The molecule has 0 amide bonds. The average Bonchev–Trinajstić information content (AvgIpc) is 2.05. The van der Waals surface area contributed by atoms with Crippen molar-refractivity contribution in [2.75, 3.05) is 0 Å². The molecule has 1 aliphatic rings. The van der Waals surface area contributed by atoms with Crippen LogP contribution in [0, 0.1) is 5.41 Å². The Morgan fingerprint density at radius 3 is 2.50 bits per heavy atom. The van der Waals surface area contributed by atoms with E-state index in [-0.39, 0.29) is 11.5 Å². The molecule has 2 rings (SSSR count). The van der Waals surface area contributed by atoms with Gasteiger partial charge in [-0.25, -0.2) is 0 Å². The van der Waals surface area contributed by atoms with Gasteiger partial charge < -0.3 is 5.73 Å². The van der Waals surface area contributed by atoms with E-state index in [1.165, 1.54) is 11.1 Å². The highest BCUT2D eigenvalue weighted by molar-refractivity contribution is 5.41. The Balaban J connectivity index is 2.20. The number of rotatable bonds is 1. The van der Waals surface area contributed by atoms with Crippen molar-refractivity contribution in [1.29, 1.82) is 0 Å². The largest absolute Gasteiger partial charge is 0.327 e.